The number of piperidine rings is 1. The summed E-state index contributed by atoms with van der Waals surface area (Å²) in [4.78, 5) is 43.0. The lowest BCUT2D eigenvalue weighted by molar-refractivity contribution is -0.146. The molecule has 0 radical (unpaired) electrons. The summed E-state index contributed by atoms with van der Waals surface area (Å²) in [5, 5.41) is 5.50. The van der Waals surface area contributed by atoms with Gasteiger partial charge in [-0.1, -0.05) is 66.7 Å². The summed E-state index contributed by atoms with van der Waals surface area (Å²) in [5.74, 6) is 0.0952. The van der Waals surface area contributed by atoms with E-state index in [4.69, 9.17) is 18.9 Å². The zero-order valence-corrected chi connectivity index (χ0v) is 32.7. The SMILES string of the molecule is CCOC(=O)CN1CCN(NC(=O)C2(c3ccccc3)CCN(N(C)C(=O)c3cc(OC)c(OC)c(OC)c3-c3ccc(-c4ccc(F)cc4)cc3)CC2)CC1. The molecule has 12 nitrogen and oxygen atoms in total. The lowest BCUT2D eigenvalue weighted by Gasteiger charge is -2.45. The van der Waals surface area contributed by atoms with Crippen molar-refractivity contribution in [3.63, 3.8) is 0 Å². The van der Waals surface area contributed by atoms with Gasteiger partial charge in [0.15, 0.2) is 11.5 Å². The van der Waals surface area contributed by atoms with E-state index in [1.54, 1.807) is 37.2 Å². The largest absolute Gasteiger partial charge is 0.493 e. The van der Waals surface area contributed by atoms with Crippen molar-refractivity contribution in [3.8, 4) is 39.5 Å². The van der Waals surface area contributed by atoms with Gasteiger partial charge in [-0.25, -0.2) is 14.4 Å². The molecule has 6 rings (SSSR count). The van der Waals surface area contributed by atoms with Crippen LogP contribution in [0, 0.1) is 5.82 Å². The molecule has 2 amide bonds. The second-order valence-electron chi connectivity index (χ2n) is 13.9. The number of halogens is 1. The van der Waals surface area contributed by atoms with Gasteiger partial charge < -0.3 is 18.9 Å². The first kappa shape index (κ1) is 40.2. The number of rotatable bonds is 13. The molecule has 4 aromatic carbocycles. The Morgan fingerprint density at radius 2 is 1.36 bits per heavy atom. The van der Waals surface area contributed by atoms with Gasteiger partial charge in [0.25, 0.3) is 5.91 Å². The molecule has 13 heteroatoms. The van der Waals surface area contributed by atoms with Crippen LogP contribution >= 0.6 is 0 Å². The number of hydrazine groups is 2. The van der Waals surface area contributed by atoms with Crippen LogP contribution in [-0.4, -0.2) is 119 Å². The Balaban J connectivity index is 1.23. The highest BCUT2D eigenvalue weighted by molar-refractivity contribution is 6.04. The van der Waals surface area contributed by atoms with Crippen molar-refractivity contribution in [2.45, 2.75) is 25.2 Å². The smallest absolute Gasteiger partial charge is 0.320 e. The highest BCUT2D eigenvalue weighted by Crippen LogP contribution is 2.47. The molecule has 0 unspecified atom stereocenters. The van der Waals surface area contributed by atoms with Gasteiger partial charge in [-0.3, -0.25) is 29.7 Å². The van der Waals surface area contributed by atoms with Gasteiger partial charge in [0, 0.05) is 51.9 Å². The molecule has 0 saturated carbocycles. The third-order valence-corrected chi connectivity index (χ3v) is 10.8. The standard InChI is InChI=1S/C43H50FN5O7/c1-6-56-37(50)29-47-24-26-48(27-25-47)45-42(52)43(33-10-8-7-9-11-33)20-22-49(23-21-43)46(2)41(51)35-28-36(53-3)39(54-4)40(55-5)38(35)32-14-12-30(13-15-32)31-16-18-34(44)19-17-31/h7-19,28H,6,20-27,29H2,1-5H3,(H,45,52). The van der Waals surface area contributed by atoms with Crippen LogP contribution < -0.4 is 19.6 Å². The van der Waals surface area contributed by atoms with Crippen LogP contribution in [0.15, 0.2) is 84.9 Å². The van der Waals surface area contributed by atoms with Crippen molar-refractivity contribution in [3.05, 3.63) is 102 Å². The van der Waals surface area contributed by atoms with Gasteiger partial charge in [-0.05, 0) is 60.2 Å². The summed E-state index contributed by atoms with van der Waals surface area (Å²) in [6.45, 7) is 5.63. The number of amides is 2. The minimum absolute atomic E-state index is 0.0906. The summed E-state index contributed by atoms with van der Waals surface area (Å²) in [6.07, 6.45) is 0.937. The molecule has 2 saturated heterocycles. The van der Waals surface area contributed by atoms with Crippen LogP contribution in [0.5, 0.6) is 17.2 Å². The number of benzene rings is 4. The maximum Gasteiger partial charge on any atom is 0.320 e. The van der Waals surface area contributed by atoms with Crippen LogP contribution in [0.3, 0.4) is 0 Å². The van der Waals surface area contributed by atoms with E-state index in [2.05, 4.69) is 5.43 Å². The fourth-order valence-electron chi connectivity index (χ4n) is 7.62. The number of methoxy groups -OCH3 is 3. The van der Waals surface area contributed by atoms with Gasteiger partial charge in [0.1, 0.15) is 5.82 Å². The average Bonchev–Trinajstić information content (AvgIpc) is 3.23. The highest BCUT2D eigenvalue weighted by atomic mass is 19.1. The Morgan fingerprint density at radius 3 is 1.93 bits per heavy atom. The van der Waals surface area contributed by atoms with E-state index in [1.807, 2.05) is 69.5 Å². The number of carbonyl (C=O) groups is 3. The van der Waals surface area contributed by atoms with Crippen molar-refractivity contribution in [2.75, 3.05) is 80.8 Å². The minimum Gasteiger partial charge on any atom is -0.493 e. The van der Waals surface area contributed by atoms with Crippen molar-refractivity contribution in [2.24, 2.45) is 0 Å². The number of piperazine rings is 1. The number of nitrogens with zero attached hydrogens (tertiary/aromatic N) is 4. The number of hydrogen-bond acceptors (Lipinski definition) is 10. The van der Waals surface area contributed by atoms with Crippen molar-refractivity contribution in [1.29, 1.82) is 0 Å². The second kappa shape index (κ2) is 18.0. The average molecular weight is 768 g/mol. The number of carbonyl (C=O) groups excluding carboxylic acids is 3. The topological polar surface area (TPSA) is 113 Å². The van der Waals surface area contributed by atoms with E-state index in [9.17, 15) is 18.8 Å². The quantitative estimate of drug-likeness (QED) is 0.177. The fourth-order valence-corrected chi connectivity index (χ4v) is 7.62. The second-order valence-corrected chi connectivity index (χ2v) is 13.9. The van der Waals surface area contributed by atoms with Crippen LogP contribution in [0.2, 0.25) is 0 Å². The van der Waals surface area contributed by atoms with Gasteiger partial charge >= 0.3 is 5.97 Å². The molecule has 0 spiro atoms. The Kier molecular flexibility index (Phi) is 12.9. The molecular weight excluding hydrogens is 717 g/mol. The third-order valence-electron chi connectivity index (χ3n) is 10.8. The first-order valence-corrected chi connectivity index (χ1v) is 18.8. The van der Waals surface area contributed by atoms with Crippen LogP contribution in [-0.2, 0) is 19.7 Å². The Bertz CT molecular complexity index is 1980. The number of nitrogens with one attached hydrogen (secondary N) is 1. The summed E-state index contributed by atoms with van der Waals surface area (Å²) in [5.41, 5.74) is 6.61. The predicted octanol–water partition coefficient (Wildman–Crippen LogP) is 5.42. The lowest BCUT2D eigenvalue weighted by Crippen LogP contribution is -2.60. The van der Waals surface area contributed by atoms with Gasteiger partial charge in [-0.2, -0.15) is 0 Å². The molecule has 2 heterocycles. The van der Waals surface area contributed by atoms with Crippen LogP contribution in [0.4, 0.5) is 4.39 Å². The highest BCUT2D eigenvalue weighted by Gasteiger charge is 2.45. The molecule has 1 N–H and O–H groups in total. The van der Waals surface area contributed by atoms with Gasteiger partial charge in [0.05, 0.1) is 45.5 Å². The maximum absolute atomic E-state index is 14.6. The first-order valence-electron chi connectivity index (χ1n) is 18.8. The van der Waals surface area contributed by atoms with Gasteiger partial charge in [0.2, 0.25) is 11.7 Å². The molecule has 56 heavy (non-hydrogen) atoms. The summed E-state index contributed by atoms with van der Waals surface area (Å²) in [7, 11) is 6.28. The molecule has 0 aromatic heterocycles. The Labute approximate surface area is 327 Å². The molecule has 2 fully saturated rings. The van der Waals surface area contributed by atoms with Crippen LogP contribution in [0.1, 0.15) is 35.7 Å². The number of ether oxygens (including phenoxy) is 4. The molecule has 0 bridgehead atoms. The number of esters is 1. The molecule has 2 aliphatic rings. The zero-order valence-electron chi connectivity index (χ0n) is 32.7. The molecular formula is C43H50FN5O7. The minimum atomic E-state index is -0.826. The van der Waals surface area contributed by atoms with Crippen molar-refractivity contribution in [1.82, 2.24) is 25.4 Å². The van der Waals surface area contributed by atoms with E-state index in [0.717, 1.165) is 16.7 Å². The fraction of sp³-hybridized carbons (Fsp3) is 0.372. The summed E-state index contributed by atoms with van der Waals surface area (Å²) >= 11 is 0. The Hall–Kier alpha value is -5.50. The van der Waals surface area contributed by atoms with E-state index in [-0.39, 0.29) is 30.1 Å². The summed E-state index contributed by atoms with van der Waals surface area (Å²) in [6, 6.07) is 25.4. The first-order chi connectivity index (χ1) is 27.1. The van der Waals surface area contributed by atoms with Crippen molar-refractivity contribution < 1.29 is 37.7 Å². The summed E-state index contributed by atoms with van der Waals surface area (Å²) < 4.78 is 36.0. The molecule has 296 valence electrons. The van der Waals surface area contributed by atoms with E-state index in [1.165, 1.54) is 33.5 Å². The van der Waals surface area contributed by atoms with Crippen LogP contribution in [0.25, 0.3) is 22.3 Å². The van der Waals surface area contributed by atoms with Crippen molar-refractivity contribution >= 4 is 17.8 Å². The molecule has 0 atom stereocenters. The maximum atomic E-state index is 14.6. The molecule has 2 aliphatic heterocycles. The molecule has 4 aromatic rings. The molecule has 0 aliphatic carbocycles. The zero-order chi connectivity index (χ0) is 39.8. The Morgan fingerprint density at radius 1 is 0.768 bits per heavy atom. The predicted molar refractivity (Wildman–Crippen MR) is 211 cm³/mol. The van der Waals surface area contributed by atoms with E-state index in [0.29, 0.717) is 92.7 Å². The van der Waals surface area contributed by atoms with E-state index >= 15 is 0 Å². The van der Waals surface area contributed by atoms with E-state index < -0.39 is 5.41 Å². The number of hydrogen-bond donors (Lipinski definition) is 1. The lowest BCUT2D eigenvalue weighted by atomic mass is 9.72. The van der Waals surface area contributed by atoms with Gasteiger partial charge in [-0.15, -0.1) is 0 Å². The normalized spacial score (nSPS) is 16.1. The monoisotopic (exact) mass is 767 g/mol. The third kappa shape index (κ3) is 8.49.